The molecule has 1 N–H and O–H groups in total. The van der Waals surface area contributed by atoms with Crippen LogP contribution in [0.25, 0.3) is 0 Å². The Bertz CT molecular complexity index is 600. The maximum Gasteiger partial charge on any atom is 0.141 e. The molecule has 0 radical (unpaired) electrons. The molecule has 1 aliphatic heterocycles. The van der Waals surface area contributed by atoms with Crippen molar-refractivity contribution in [3.8, 4) is 5.75 Å². The third-order valence-corrected chi connectivity index (χ3v) is 4.35. The fraction of sp³-hybridized carbons (Fsp3) is 0.267. The Labute approximate surface area is 121 Å². The van der Waals surface area contributed by atoms with Crippen LogP contribution in [0, 0.1) is 6.92 Å². The second-order valence-corrected chi connectivity index (χ2v) is 5.46. The zero-order chi connectivity index (χ0) is 13.2. The molecule has 1 aliphatic rings. The van der Waals surface area contributed by atoms with Crippen LogP contribution in [0.3, 0.4) is 0 Å². The molecular weight excluding hydrogens is 304 g/mol. The van der Waals surface area contributed by atoms with Gasteiger partial charge >= 0.3 is 0 Å². The van der Waals surface area contributed by atoms with Gasteiger partial charge in [0, 0.05) is 18.2 Å². The first kappa shape index (κ1) is 12.5. The molecule has 2 aromatic rings. The van der Waals surface area contributed by atoms with Crippen molar-refractivity contribution < 1.29 is 4.74 Å². The first-order chi connectivity index (χ1) is 9.25. The van der Waals surface area contributed by atoms with Crippen LogP contribution in [0.1, 0.15) is 23.6 Å². The van der Waals surface area contributed by atoms with E-state index in [1.54, 1.807) is 0 Å². The van der Waals surface area contributed by atoms with Crippen molar-refractivity contribution in [1.82, 2.24) is 4.98 Å². The molecule has 1 aromatic heterocycles. The Hall–Kier alpha value is -1.55. The SMILES string of the molecule is Cc1ccnc(NC2CCOc3ccccc32)c1Br. The molecule has 0 saturated heterocycles. The van der Waals surface area contributed by atoms with Gasteiger partial charge in [0.15, 0.2) is 0 Å². The molecule has 4 heteroatoms. The molecule has 19 heavy (non-hydrogen) atoms. The van der Waals surface area contributed by atoms with E-state index in [9.17, 15) is 0 Å². The number of nitrogens with zero attached hydrogens (tertiary/aromatic N) is 1. The second kappa shape index (κ2) is 5.21. The number of aromatic nitrogens is 1. The first-order valence-electron chi connectivity index (χ1n) is 6.35. The number of hydrogen-bond donors (Lipinski definition) is 1. The highest BCUT2D eigenvalue weighted by atomic mass is 79.9. The Morgan fingerprint density at radius 1 is 1.32 bits per heavy atom. The Morgan fingerprint density at radius 2 is 2.16 bits per heavy atom. The van der Waals surface area contributed by atoms with Gasteiger partial charge in [-0.15, -0.1) is 0 Å². The van der Waals surface area contributed by atoms with Crippen LogP contribution in [0.15, 0.2) is 41.0 Å². The number of para-hydroxylation sites is 1. The van der Waals surface area contributed by atoms with Crippen molar-refractivity contribution in [3.05, 3.63) is 52.1 Å². The minimum Gasteiger partial charge on any atom is -0.493 e. The van der Waals surface area contributed by atoms with Gasteiger partial charge in [-0.05, 0) is 40.5 Å². The van der Waals surface area contributed by atoms with Crippen LogP contribution < -0.4 is 10.1 Å². The summed E-state index contributed by atoms with van der Waals surface area (Å²) in [5, 5.41) is 3.51. The van der Waals surface area contributed by atoms with Gasteiger partial charge in [-0.25, -0.2) is 4.98 Å². The molecule has 1 aromatic carbocycles. The molecular formula is C15H15BrN2O. The lowest BCUT2D eigenvalue weighted by atomic mass is 10.0. The number of aryl methyl sites for hydroxylation is 1. The third-order valence-electron chi connectivity index (χ3n) is 3.35. The fourth-order valence-corrected chi connectivity index (χ4v) is 2.65. The molecule has 1 unspecified atom stereocenters. The average molecular weight is 319 g/mol. The number of halogens is 1. The molecule has 0 aliphatic carbocycles. The van der Waals surface area contributed by atoms with Gasteiger partial charge in [0.05, 0.1) is 17.1 Å². The Kier molecular flexibility index (Phi) is 3.42. The van der Waals surface area contributed by atoms with E-state index in [4.69, 9.17) is 4.74 Å². The minimum absolute atomic E-state index is 0.246. The number of rotatable bonds is 2. The lowest BCUT2D eigenvalue weighted by Crippen LogP contribution is -2.21. The summed E-state index contributed by atoms with van der Waals surface area (Å²) >= 11 is 3.59. The molecule has 0 bridgehead atoms. The fourth-order valence-electron chi connectivity index (χ4n) is 2.30. The van der Waals surface area contributed by atoms with Crippen molar-refractivity contribution in [3.63, 3.8) is 0 Å². The van der Waals surface area contributed by atoms with E-state index in [1.807, 2.05) is 30.5 Å². The summed E-state index contributed by atoms with van der Waals surface area (Å²) in [6.07, 6.45) is 2.77. The van der Waals surface area contributed by atoms with Gasteiger partial charge in [-0.1, -0.05) is 18.2 Å². The van der Waals surface area contributed by atoms with Crippen molar-refractivity contribution in [2.24, 2.45) is 0 Å². The second-order valence-electron chi connectivity index (χ2n) is 4.66. The quantitative estimate of drug-likeness (QED) is 0.905. The monoisotopic (exact) mass is 318 g/mol. The number of anilines is 1. The number of fused-ring (bicyclic) bond motifs is 1. The van der Waals surface area contributed by atoms with Gasteiger partial charge in [0.1, 0.15) is 11.6 Å². The molecule has 0 saturated carbocycles. The lowest BCUT2D eigenvalue weighted by Gasteiger charge is -2.27. The molecule has 3 rings (SSSR count). The highest BCUT2D eigenvalue weighted by Crippen LogP contribution is 2.35. The predicted octanol–water partition coefficient (Wildman–Crippen LogP) is 4.09. The summed E-state index contributed by atoms with van der Waals surface area (Å²) in [6, 6.07) is 10.4. The number of nitrogens with one attached hydrogen (secondary N) is 1. The lowest BCUT2D eigenvalue weighted by molar-refractivity contribution is 0.274. The van der Waals surface area contributed by atoms with Crippen LogP contribution >= 0.6 is 15.9 Å². The van der Waals surface area contributed by atoms with E-state index >= 15 is 0 Å². The summed E-state index contributed by atoms with van der Waals surface area (Å²) < 4.78 is 6.70. The van der Waals surface area contributed by atoms with Gasteiger partial charge < -0.3 is 10.1 Å². The minimum atomic E-state index is 0.246. The van der Waals surface area contributed by atoms with Crippen LogP contribution in [-0.4, -0.2) is 11.6 Å². The zero-order valence-corrected chi connectivity index (χ0v) is 12.3. The Morgan fingerprint density at radius 3 is 3.05 bits per heavy atom. The number of benzene rings is 1. The topological polar surface area (TPSA) is 34.2 Å². The van der Waals surface area contributed by atoms with Gasteiger partial charge in [0.25, 0.3) is 0 Å². The molecule has 1 atom stereocenters. The molecule has 98 valence electrons. The van der Waals surface area contributed by atoms with E-state index in [-0.39, 0.29) is 6.04 Å². The highest BCUT2D eigenvalue weighted by molar-refractivity contribution is 9.10. The maximum absolute atomic E-state index is 5.67. The van der Waals surface area contributed by atoms with Gasteiger partial charge in [-0.3, -0.25) is 0 Å². The van der Waals surface area contributed by atoms with Gasteiger partial charge in [-0.2, -0.15) is 0 Å². The van der Waals surface area contributed by atoms with Crippen molar-refractivity contribution in [2.75, 3.05) is 11.9 Å². The third kappa shape index (κ3) is 2.45. The van der Waals surface area contributed by atoms with E-state index in [2.05, 4.69) is 39.2 Å². The largest absolute Gasteiger partial charge is 0.493 e. The van der Waals surface area contributed by atoms with E-state index in [0.717, 1.165) is 29.1 Å². The van der Waals surface area contributed by atoms with Gasteiger partial charge in [0.2, 0.25) is 0 Å². The summed E-state index contributed by atoms with van der Waals surface area (Å²) in [5.74, 6) is 1.86. The molecule has 0 spiro atoms. The van der Waals surface area contributed by atoms with Crippen molar-refractivity contribution in [2.45, 2.75) is 19.4 Å². The summed E-state index contributed by atoms with van der Waals surface area (Å²) in [4.78, 5) is 4.41. The number of hydrogen-bond acceptors (Lipinski definition) is 3. The zero-order valence-electron chi connectivity index (χ0n) is 10.7. The van der Waals surface area contributed by atoms with E-state index in [1.165, 1.54) is 11.1 Å². The number of pyridine rings is 1. The van der Waals surface area contributed by atoms with Crippen molar-refractivity contribution >= 4 is 21.7 Å². The summed E-state index contributed by atoms with van der Waals surface area (Å²) in [5.41, 5.74) is 2.38. The van der Waals surface area contributed by atoms with Crippen LogP contribution in [0.2, 0.25) is 0 Å². The average Bonchev–Trinajstić information content (AvgIpc) is 2.44. The molecule has 0 amide bonds. The molecule has 2 heterocycles. The van der Waals surface area contributed by atoms with Crippen LogP contribution in [-0.2, 0) is 0 Å². The maximum atomic E-state index is 5.67. The summed E-state index contributed by atoms with van der Waals surface area (Å²) in [7, 11) is 0. The number of ether oxygens (including phenoxy) is 1. The van der Waals surface area contributed by atoms with Crippen molar-refractivity contribution in [1.29, 1.82) is 0 Å². The van der Waals surface area contributed by atoms with E-state index < -0.39 is 0 Å². The predicted molar refractivity (Wildman–Crippen MR) is 79.6 cm³/mol. The summed E-state index contributed by atoms with van der Waals surface area (Å²) in [6.45, 7) is 2.80. The van der Waals surface area contributed by atoms with Crippen LogP contribution in [0.5, 0.6) is 5.75 Å². The molecule has 0 fully saturated rings. The van der Waals surface area contributed by atoms with Crippen LogP contribution in [0.4, 0.5) is 5.82 Å². The normalized spacial score (nSPS) is 17.5. The Balaban J connectivity index is 1.91. The first-order valence-corrected chi connectivity index (χ1v) is 7.14. The smallest absolute Gasteiger partial charge is 0.141 e. The standard InChI is InChI=1S/C15H15BrN2O/c1-10-6-8-17-15(14(10)16)18-12-7-9-19-13-5-3-2-4-11(12)13/h2-6,8,12H,7,9H2,1H3,(H,17,18). The van der Waals surface area contributed by atoms with E-state index in [0.29, 0.717) is 0 Å². The highest BCUT2D eigenvalue weighted by Gasteiger charge is 2.21. The molecule has 3 nitrogen and oxygen atoms in total.